The lowest BCUT2D eigenvalue weighted by Gasteiger charge is -2.14. The average Bonchev–Trinajstić information content (AvgIpc) is 3.58. The maximum absolute atomic E-state index is 10.3. The van der Waals surface area contributed by atoms with E-state index in [0.29, 0.717) is 77.8 Å². The molecule has 0 saturated heterocycles. The lowest BCUT2D eigenvalue weighted by atomic mass is 10.0. The summed E-state index contributed by atoms with van der Waals surface area (Å²) in [6.07, 6.45) is 9.81. The third-order valence-electron chi connectivity index (χ3n) is 13.0. The fourth-order valence-corrected chi connectivity index (χ4v) is 8.71. The maximum Gasteiger partial charge on any atom is 0.150 e. The zero-order valence-corrected chi connectivity index (χ0v) is 58.1. The van der Waals surface area contributed by atoms with Gasteiger partial charge in [0.2, 0.25) is 0 Å². The Morgan fingerprint density at radius 1 is 0.281 bits per heavy atom. The molecule has 0 unspecified atom stereocenters. The molecule has 0 amide bonds. The Bertz CT molecular complexity index is 1720. The van der Waals surface area contributed by atoms with Crippen LogP contribution in [0.5, 0.6) is 0 Å². The van der Waals surface area contributed by atoms with Crippen molar-refractivity contribution in [2.45, 2.75) is 238 Å². The quantitative estimate of drug-likeness (QED) is 0.0186. The molecule has 15 N–H and O–H groups in total. The second kappa shape index (κ2) is 63.2. The molecule has 17 nitrogen and oxygen atoms in total. The number of halogens is 1. The Morgan fingerprint density at radius 2 is 0.438 bits per heavy atom. The van der Waals surface area contributed by atoms with Crippen molar-refractivity contribution >= 4 is 31.3 Å². The summed E-state index contributed by atoms with van der Waals surface area (Å²) in [6, 6.07) is 22.4. The highest BCUT2D eigenvalue weighted by Crippen LogP contribution is 2.13. The molecule has 518 valence electrons. The van der Waals surface area contributed by atoms with Crippen molar-refractivity contribution in [1.29, 1.82) is 0 Å². The second-order valence-electron chi connectivity index (χ2n) is 24.7. The zero-order chi connectivity index (χ0) is 64.0. The monoisotopic (exact) mass is 1270 g/mol. The van der Waals surface area contributed by atoms with E-state index in [0.717, 1.165) is 176 Å². The van der Waals surface area contributed by atoms with Crippen molar-refractivity contribution in [3.05, 3.63) is 105 Å². The van der Waals surface area contributed by atoms with Crippen LogP contribution in [0.2, 0.25) is 0 Å². The summed E-state index contributed by atoms with van der Waals surface area (Å²) in [5.41, 5.74) is 14.6. The van der Waals surface area contributed by atoms with Crippen LogP contribution in [0.1, 0.15) is 221 Å². The summed E-state index contributed by atoms with van der Waals surface area (Å²) in [7, 11) is 0. The molecule has 0 saturated carbocycles. The molecule has 0 bridgehead atoms. The van der Waals surface area contributed by atoms with Crippen LogP contribution >= 0.6 is 12.4 Å². The number of nitrogens with two attached hydrogens (primary N) is 1. The van der Waals surface area contributed by atoms with Crippen LogP contribution in [0.3, 0.4) is 0 Å². The van der Waals surface area contributed by atoms with Gasteiger partial charge in [0, 0.05) is 98.3 Å². The number of nitrogens with one attached hydrogen (secondary N) is 13. The van der Waals surface area contributed by atoms with Gasteiger partial charge in [0.15, 0.2) is 0 Å². The van der Waals surface area contributed by atoms with E-state index in [2.05, 4.69) is 202 Å². The van der Waals surface area contributed by atoms with Crippen LogP contribution in [0.15, 0.2) is 54.6 Å². The predicted molar refractivity (Wildman–Crippen MR) is 390 cm³/mol. The van der Waals surface area contributed by atoms with Crippen molar-refractivity contribution < 1.29 is 14.4 Å². The number of benzene rings is 3. The minimum absolute atomic E-state index is 0. The Hall–Kier alpha value is -3.60. The van der Waals surface area contributed by atoms with Gasteiger partial charge in [-0.3, -0.25) is 14.4 Å². The molecule has 0 fully saturated rings. The van der Waals surface area contributed by atoms with Crippen LogP contribution in [-0.2, 0) is 39.3 Å². The summed E-state index contributed by atoms with van der Waals surface area (Å²) in [4.78, 5) is 30.9. The maximum atomic E-state index is 10.3. The molecule has 89 heavy (non-hydrogen) atoms. The standard InChI is InChI=1S/2C27H54N6.C9H6O3.C6H16N2.2CH4.ClH/c2*1-22(2)31-13-7-10-28-19-25-16-26(20-29-11-8-14-32-23(3)4)18-27(17-25)21-30-12-9-15-33-24(5)6;10-4-7-1-8(5-11)3-9(2-7)6-12;1-6(2)8-5-3-4-7;;;/h2*16-18,22-24,28-33H,7-15,19-21H2,1-6H3;1-6H;6,8H,3-5,7H2,1-2H3;2*1H4;1H. The fourth-order valence-electron chi connectivity index (χ4n) is 8.71. The number of carbonyl (C=O) groups is 3. The molecule has 0 aliphatic carbocycles. The van der Waals surface area contributed by atoms with Crippen molar-refractivity contribution in [1.82, 2.24) is 69.1 Å². The van der Waals surface area contributed by atoms with Gasteiger partial charge < -0.3 is 74.9 Å². The Morgan fingerprint density at radius 3 is 0.573 bits per heavy atom. The van der Waals surface area contributed by atoms with Crippen LogP contribution in [-0.4, -0.2) is 153 Å². The lowest BCUT2D eigenvalue weighted by Crippen LogP contribution is -2.27. The van der Waals surface area contributed by atoms with E-state index in [4.69, 9.17) is 5.73 Å². The minimum Gasteiger partial charge on any atom is -0.330 e. The first-order valence-corrected chi connectivity index (χ1v) is 33.1. The molecular formula is C71H139ClN14O3. The molecular weight excluding hydrogens is 1130 g/mol. The predicted octanol–water partition coefficient (Wildman–Crippen LogP) is 9.39. The van der Waals surface area contributed by atoms with Gasteiger partial charge in [0.1, 0.15) is 18.9 Å². The third kappa shape index (κ3) is 60.4. The summed E-state index contributed by atoms with van der Waals surface area (Å²) < 4.78 is 0. The first kappa shape index (κ1) is 91.8. The van der Waals surface area contributed by atoms with Crippen LogP contribution in [0.4, 0.5) is 0 Å². The molecule has 3 rings (SSSR count). The van der Waals surface area contributed by atoms with Crippen molar-refractivity contribution in [2.75, 3.05) is 91.6 Å². The largest absolute Gasteiger partial charge is 0.330 e. The van der Waals surface area contributed by atoms with E-state index in [-0.39, 0.29) is 27.3 Å². The highest BCUT2D eigenvalue weighted by molar-refractivity contribution is 5.87. The molecule has 0 atom stereocenters. The molecule has 0 aliphatic heterocycles. The first-order chi connectivity index (χ1) is 41.3. The number of aldehydes is 3. The van der Waals surface area contributed by atoms with E-state index in [1.54, 1.807) is 0 Å². The second-order valence-corrected chi connectivity index (χ2v) is 24.7. The highest BCUT2D eigenvalue weighted by Gasteiger charge is 2.07. The third-order valence-corrected chi connectivity index (χ3v) is 13.0. The number of carbonyl (C=O) groups excluding carboxylic acids is 3. The molecule has 18 heteroatoms. The number of hydrogen-bond acceptors (Lipinski definition) is 17. The van der Waals surface area contributed by atoms with Gasteiger partial charge in [-0.1, -0.05) is 148 Å². The van der Waals surface area contributed by atoms with E-state index in [9.17, 15) is 14.4 Å². The van der Waals surface area contributed by atoms with E-state index >= 15 is 0 Å². The average molecular weight is 1270 g/mol. The van der Waals surface area contributed by atoms with Crippen LogP contribution < -0.4 is 74.9 Å². The molecule has 0 radical (unpaired) electrons. The topological polar surface area (TPSA) is 234 Å². The van der Waals surface area contributed by atoms with Crippen molar-refractivity contribution in [2.24, 2.45) is 5.73 Å². The molecule has 0 aromatic heterocycles. The molecule has 3 aromatic carbocycles. The van der Waals surface area contributed by atoms with Crippen molar-refractivity contribution in [3.8, 4) is 0 Å². The van der Waals surface area contributed by atoms with E-state index < -0.39 is 0 Å². The SMILES string of the molecule is C.C.CC(C)NCCCN.CC(C)NCCCNCc1cc(CNCCCNC(C)C)cc(CNCCCNC(C)C)c1.CC(C)NCCCNCc1cc(CNCCCNC(C)C)cc(CNCCCNC(C)C)c1.Cl.O=Cc1cc(C=O)cc(C=O)c1. The number of hydrogen-bond donors (Lipinski definition) is 14. The minimum atomic E-state index is 0. The summed E-state index contributed by atoms with van der Waals surface area (Å²) in [5.74, 6) is 0. The summed E-state index contributed by atoms with van der Waals surface area (Å²) in [6.45, 7) is 50.8. The normalized spacial score (nSPS) is 11.0. The Kier molecular flexibility index (Phi) is 65.2. The number of rotatable bonds is 49. The van der Waals surface area contributed by atoms with Gasteiger partial charge in [-0.05, 0) is 188 Å². The van der Waals surface area contributed by atoms with Gasteiger partial charge in [0.25, 0.3) is 0 Å². The summed E-state index contributed by atoms with van der Waals surface area (Å²) in [5, 5.41) is 45.9. The molecule has 0 spiro atoms. The molecule has 3 aromatic rings. The van der Waals surface area contributed by atoms with E-state index in [1.807, 2.05) is 0 Å². The van der Waals surface area contributed by atoms with Crippen LogP contribution in [0, 0.1) is 0 Å². The highest BCUT2D eigenvalue weighted by atomic mass is 35.5. The van der Waals surface area contributed by atoms with E-state index in [1.165, 1.54) is 51.6 Å². The van der Waals surface area contributed by atoms with Gasteiger partial charge in [0.05, 0.1) is 0 Å². The van der Waals surface area contributed by atoms with Crippen molar-refractivity contribution in [3.63, 3.8) is 0 Å². The summed E-state index contributed by atoms with van der Waals surface area (Å²) >= 11 is 0. The van der Waals surface area contributed by atoms with Gasteiger partial charge in [-0.15, -0.1) is 12.4 Å². The fraction of sp³-hybridized carbons (Fsp3) is 0.704. The molecule has 0 aliphatic rings. The van der Waals surface area contributed by atoms with Gasteiger partial charge in [-0.25, -0.2) is 0 Å². The van der Waals surface area contributed by atoms with Gasteiger partial charge >= 0.3 is 0 Å². The molecule has 0 heterocycles. The first-order valence-electron chi connectivity index (χ1n) is 33.1. The Labute approximate surface area is 552 Å². The zero-order valence-electron chi connectivity index (χ0n) is 57.3. The van der Waals surface area contributed by atoms with Crippen LogP contribution in [0.25, 0.3) is 0 Å². The smallest absolute Gasteiger partial charge is 0.150 e. The van der Waals surface area contributed by atoms with Gasteiger partial charge in [-0.2, -0.15) is 0 Å². The lowest BCUT2D eigenvalue weighted by molar-refractivity contribution is 0.112. The Balaban J connectivity index is -0.000000604.